The van der Waals surface area contributed by atoms with Gasteiger partial charge in [-0.3, -0.25) is 4.79 Å². The van der Waals surface area contributed by atoms with Gasteiger partial charge in [0.1, 0.15) is 5.75 Å². The molecule has 0 spiro atoms. The van der Waals surface area contributed by atoms with E-state index >= 15 is 0 Å². The summed E-state index contributed by atoms with van der Waals surface area (Å²) in [5, 5.41) is 3.59. The highest BCUT2D eigenvalue weighted by Gasteiger charge is 2.09. The fourth-order valence-electron chi connectivity index (χ4n) is 1.80. The summed E-state index contributed by atoms with van der Waals surface area (Å²) < 4.78 is 6.33. The first-order valence-corrected chi connectivity index (χ1v) is 8.20. The summed E-state index contributed by atoms with van der Waals surface area (Å²) in [6.45, 7) is 1.96. The number of aryl methyl sites for hydroxylation is 1. The molecule has 2 rings (SSSR count). The Morgan fingerprint density at radius 3 is 2.68 bits per heavy atom. The monoisotopic (exact) mass is 401 g/mol. The minimum atomic E-state index is -0.310. The van der Waals surface area contributed by atoms with E-state index in [1.165, 1.54) is 5.56 Å². The van der Waals surface area contributed by atoms with Gasteiger partial charge in [0, 0.05) is 5.02 Å². The number of benzene rings is 2. The van der Waals surface area contributed by atoms with Crippen LogP contribution in [0.25, 0.3) is 0 Å². The Bertz CT molecular complexity index is 692. The smallest absolute Gasteiger partial charge is 0.262 e. The Morgan fingerprint density at radius 2 is 2.00 bits per heavy atom. The number of nitrogens with one attached hydrogen (secondary N) is 1. The molecule has 2 aromatic carbocycles. The maximum absolute atomic E-state index is 11.9. The van der Waals surface area contributed by atoms with E-state index in [4.69, 9.17) is 27.9 Å². The van der Waals surface area contributed by atoms with Crippen molar-refractivity contribution in [2.24, 2.45) is 0 Å². The Kier molecular flexibility index (Phi) is 6.12. The maximum atomic E-state index is 11.9. The fourth-order valence-corrected chi connectivity index (χ4v) is 2.68. The molecule has 3 nitrogen and oxygen atoms in total. The summed E-state index contributed by atoms with van der Waals surface area (Å²) in [6.07, 6.45) is 0.937. The lowest BCUT2D eigenvalue weighted by Gasteiger charge is -2.11. The van der Waals surface area contributed by atoms with Gasteiger partial charge in [0.15, 0.2) is 6.61 Å². The molecular formula is C16H14BrCl2NO2. The van der Waals surface area contributed by atoms with Crippen LogP contribution in [0, 0.1) is 0 Å². The number of carbonyl (C=O) groups is 1. The Balaban J connectivity index is 1.97. The van der Waals surface area contributed by atoms with Crippen LogP contribution in [0.4, 0.5) is 5.69 Å². The lowest BCUT2D eigenvalue weighted by molar-refractivity contribution is -0.118. The van der Waals surface area contributed by atoms with Crippen molar-refractivity contribution in [2.45, 2.75) is 13.3 Å². The molecule has 0 aliphatic carbocycles. The Morgan fingerprint density at radius 1 is 1.23 bits per heavy atom. The van der Waals surface area contributed by atoms with E-state index in [0.29, 0.717) is 21.5 Å². The highest BCUT2D eigenvalue weighted by Crippen LogP contribution is 2.27. The Hall–Kier alpha value is -1.23. The molecule has 0 unspecified atom stereocenters. The zero-order valence-electron chi connectivity index (χ0n) is 11.8. The number of hydrogen-bond acceptors (Lipinski definition) is 2. The summed E-state index contributed by atoms with van der Waals surface area (Å²) in [7, 11) is 0. The SMILES string of the molecule is CCc1ccc(OCC(=O)Nc2cc(Cl)ccc2Cl)c(Br)c1. The van der Waals surface area contributed by atoms with Crippen LogP contribution in [0.5, 0.6) is 5.75 Å². The van der Waals surface area contributed by atoms with E-state index in [-0.39, 0.29) is 12.5 Å². The van der Waals surface area contributed by atoms with Gasteiger partial charge in [-0.15, -0.1) is 0 Å². The topological polar surface area (TPSA) is 38.3 Å². The van der Waals surface area contributed by atoms with Crippen molar-refractivity contribution in [2.75, 3.05) is 11.9 Å². The maximum Gasteiger partial charge on any atom is 0.262 e. The van der Waals surface area contributed by atoms with Crippen molar-refractivity contribution in [3.63, 3.8) is 0 Å². The normalized spacial score (nSPS) is 10.4. The van der Waals surface area contributed by atoms with Gasteiger partial charge in [0.05, 0.1) is 15.2 Å². The molecule has 0 radical (unpaired) electrons. The third kappa shape index (κ3) is 4.63. The fraction of sp³-hybridized carbons (Fsp3) is 0.188. The van der Waals surface area contributed by atoms with Crippen molar-refractivity contribution >= 4 is 50.7 Å². The van der Waals surface area contributed by atoms with Gasteiger partial charge in [-0.05, 0) is 58.2 Å². The first-order valence-electron chi connectivity index (χ1n) is 6.65. The van der Waals surface area contributed by atoms with Crippen LogP contribution in [0.15, 0.2) is 40.9 Å². The van der Waals surface area contributed by atoms with Crippen molar-refractivity contribution in [1.29, 1.82) is 0 Å². The molecule has 2 aromatic rings. The number of carbonyl (C=O) groups excluding carboxylic acids is 1. The van der Waals surface area contributed by atoms with Crippen LogP contribution in [0.1, 0.15) is 12.5 Å². The number of anilines is 1. The van der Waals surface area contributed by atoms with Crippen LogP contribution in [-0.4, -0.2) is 12.5 Å². The molecule has 0 atom stereocenters. The Labute approximate surface area is 147 Å². The van der Waals surface area contributed by atoms with Gasteiger partial charge >= 0.3 is 0 Å². The van der Waals surface area contributed by atoms with Crippen molar-refractivity contribution in [3.05, 3.63) is 56.5 Å². The quantitative estimate of drug-likeness (QED) is 0.733. The van der Waals surface area contributed by atoms with Gasteiger partial charge in [-0.25, -0.2) is 0 Å². The van der Waals surface area contributed by atoms with E-state index in [2.05, 4.69) is 28.2 Å². The van der Waals surface area contributed by atoms with Crippen LogP contribution in [0.3, 0.4) is 0 Å². The van der Waals surface area contributed by atoms with Crippen molar-refractivity contribution < 1.29 is 9.53 Å². The van der Waals surface area contributed by atoms with Gasteiger partial charge in [-0.1, -0.05) is 36.2 Å². The molecular weight excluding hydrogens is 389 g/mol. The molecule has 0 aliphatic heterocycles. The number of ether oxygens (including phenoxy) is 1. The van der Waals surface area contributed by atoms with Gasteiger partial charge < -0.3 is 10.1 Å². The van der Waals surface area contributed by atoms with Crippen molar-refractivity contribution in [1.82, 2.24) is 0 Å². The number of rotatable bonds is 5. The summed E-state index contributed by atoms with van der Waals surface area (Å²) in [5.41, 5.74) is 1.65. The number of hydrogen-bond donors (Lipinski definition) is 1. The highest BCUT2D eigenvalue weighted by molar-refractivity contribution is 9.10. The van der Waals surface area contributed by atoms with E-state index in [1.54, 1.807) is 18.2 Å². The molecule has 22 heavy (non-hydrogen) atoms. The standard InChI is InChI=1S/C16H14BrCl2NO2/c1-2-10-3-6-15(12(17)7-10)22-9-16(21)20-14-8-11(18)4-5-13(14)19/h3-8H,2,9H2,1H3,(H,20,21). The molecule has 6 heteroatoms. The van der Waals surface area contributed by atoms with Crippen LogP contribution >= 0.6 is 39.1 Å². The average Bonchev–Trinajstić information content (AvgIpc) is 2.49. The first kappa shape index (κ1) is 17.1. The van der Waals surface area contributed by atoms with Gasteiger partial charge in [0.2, 0.25) is 0 Å². The number of halogens is 3. The molecule has 0 saturated heterocycles. The molecule has 1 N–H and O–H groups in total. The summed E-state index contributed by atoms with van der Waals surface area (Å²) in [5.74, 6) is 0.306. The van der Waals surface area contributed by atoms with Crippen molar-refractivity contribution in [3.8, 4) is 5.75 Å². The molecule has 0 aliphatic rings. The lowest BCUT2D eigenvalue weighted by atomic mass is 10.2. The third-order valence-corrected chi connectivity index (χ3v) is 4.15. The van der Waals surface area contributed by atoms with Crippen LogP contribution in [0.2, 0.25) is 10.0 Å². The molecule has 0 heterocycles. The predicted octanol–water partition coefficient (Wildman–Crippen LogP) is 5.34. The van der Waals surface area contributed by atoms with Crippen LogP contribution in [-0.2, 0) is 11.2 Å². The van der Waals surface area contributed by atoms with E-state index in [1.807, 2.05) is 18.2 Å². The second-order valence-corrected chi connectivity index (χ2v) is 6.28. The summed E-state index contributed by atoms with van der Waals surface area (Å²) in [4.78, 5) is 11.9. The molecule has 0 saturated carbocycles. The molecule has 0 fully saturated rings. The largest absolute Gasteiger partial charge is 0.483 e. The molecule has 0 aromatic heterocycles. The minimum Gasteiger partial charge on any atom is -0.483 e. The zero-order valence-corrected chi connectivity index (χ0v) is 14.9. The van der Waals surface area contributed by atoms with Gasteiger partial charge in [0.25, 0.3) is 5.91 Å². The minimum absolute atomic E-state index is 0.118. The highest BCUT2D eigenvalue weighted by atomic mass is 79.9. The summed E-state index contributed by atoms with van der Waals surface area (Å²) >= 11 is 15.3. The summed E-state index contributed by atoms with van der Waals surface area (Å²) in [6, 6.07) is 10.6. The second-order valence-electron chi connectivity index (χ2n) is 4.58. The zero-order chi connectivity index (χ0) is 16.1. The predicted molar refractivity (Wildman–Crippen MR) is 94.1 cm³/mol. The van der Waals surface area contributed by atoms with Crippen LogP contribution < -0.4 is 10.1 Å². The molecule has 1 amide bonds. The first-order chi connectivity index (χ1) is 10.5. The van der Waals surface area contributed by atoms with E-state index < -0.39 is 0 Å². The van der Waals surface area contributed by atoms with E-state index in [0.717, 1.165) is 10.9 Å². The lowest BCUT2D eigenvalue weighted by Crippen LogP contribution is -2.20. The molecule has 0 bridgehead atoms. The van der Waals surface area contributed by atoms with E-state index in [9.17, 15) is 4.79 Å². The number of amides is 1. The second kappa shape index (κ2) is 7.86. The van der Waals surface area contributed by atoms with Gasteiger partial charge in [-0.2, -0.15) is 0 Å². The third-order valence-electron chi connectivity index (χ3n) is 2.97. The molecule has 116 valence electrons. The average molecular weight is 403 g/mol.